The van der Waals surface area contributed by atoms with E-state index in [1.54, 1.807) is 6.26 Å². The molecule has 1 aliphatic heterocycles. The molecule has 37 heavy (non-hydrogen) atoms. The van der Waals surface area contributed by atoms with Crippen LogP contribution in [-0.4, -0.2) is 4.57 Å². The van der Waals surface area contributed by atoms with Crippen LogP contribution in [0, 0.1) is 20.8 Å². The third-order valence-electron chi connectivity index (χ3n) is 7.61. The average molecular weight is 481 g/mol. The third-order valence-corrected chi connectivity index (χ3v) is 7.61. The number of benzene rings is 4. The Morgan fingerprint density at radius 1 is 0.757 bits per heavy atom. The van der Waals surface area contributed by atoms with Crippen LogP contribution in [0.4, 0.5) is 11.4 Å². The normalized spacial score (nSPS) is 14.3. The summed E-state index contributed by atoms with van der Waals surface area (Å²) >= 11 is 0. The number of fused-ring (bicyclic) bond motifs is 1. The minimum absolute atomic E-state index is 0.0649. The van der Waals surface area contributed by atoms with Crippen molar-refractivity contribution in [2.75, 3.05) is 5.32 Å². The van der Waals surface area contributed by atoms with Crippen molar-refractivity contribution in [3.63, 3.8) is 0 Å². The number of nitrogens with one attached hydrogen (secondary N) is 1. The summed E-state index contributed by atoms with van der Waals surface area (Å²) < 4.78 is 8.62. The van der Waals surface area contributed by atoms with Gasteiger partial charge in [-0.1, -0.05) is 71.8 Å². The zero-order chi connectivity index (χ0) is 25.1. The Bertz CT molecular complexity index is 1760. The molecule has 180 valence electrons. The molecule has 3 heteroatoms. The maximum absolute atomic E-state index is 6.19. The largest absolute Gasteiger partial charge is 0.468 e. The van der Waals surface area contributed by atoms with Gasteiger partial charge in [0.15, 0.2) is 0 Å². The first-order valence-electron chi connectivity index (χ1n) is 12.8. The smallest absolute Gasteiger partial charge is 0.115 e. The van der Waals surface area contributed by atoms with Crippen LogP contribution in [0.15, 0.2) is 108 Å². The van der Waals surface area contributed by atoms with Crippen molar-refractivity contribution in [2.45, 2.75) is 26.7 Å². The maximum Gasteiger partial charge on any atom is 0.115 e. The predicted octanol–water partition coefficient (Wildman–Crippen LogP) is 9.05. The second-order valence-electron chi connectivity index (χ2n) is 10.1. The molecule has 6 aromatic rings. The summed E-state index contributed by atoms with van der Waals surface area (Å²) in [6.07, 6.45) is 1.79. The summed E-state index contributed by atoms with van der Waals surface area (Å²) in [7, 11) is 0. The Morgan fingerprint density at radius 3 is 2.30 bits per heavy atom. The maximum atomic E-state index is 6.19. The molecule has 2 aromatic heterocycles. The molecule has 0 aliphatic carbocycles. The van der Waals surface area contributed by atoms with E-state index in [9.17, 15) is 0 Å². The van der Waals surface area contributed by atoms with E-state index in [1.165, 1.54) is 50.0 Å². The summed E-state index contributed by atoms with van der Waals surface area (Å²) in [5.74, 6) is 0.882. The number of aromatic nitrogens is 1. The van der Waals surface area contributed by atoms with Crippen LogP contribution in [0.1, 0.15) is 39.5 Å². The SMILES string of the molecule is Cc1ccc(-n2c(-c3ccccc3)c3c4c(c(C)ccc42)Nc2ccc(C)cc2C3c2ccco2)cc1. The molecule has 0 bridgehead atoms. The average Bonchev–Trinajstić information content (AvgIpc) is 3.52. The molecule has 1 aliphatic rings. The minimum atomic E-state index is -0.0649. The van der Waals surface area contributed by atoms with Gasteiger partial charge >= 0.3 is 0 Å². The molecule has 7 rings (SSSR count). The molecule has 0 saturated carbocycles. The van der Waals surface area contributed by atoms with E-state index in [2.05, 4.69) is 122 Å². The van der Waals surface area contributed by atoms with Gasteiger partial charge in [-0.2, -0.15) is 0 Å². The van der Waals surface area contributed by atoms with Crippen molar-refractivity contribution >= 4 is 22.3 Å². The summed E-state index contributed by atoms with van der Waals surface area (Å²) in [5.41, 5.74) is 13.2. The van der Waals surface area contributed by atoms with Gasteiger partial charge in [0.1, 0.15) is 5.76 Å². The zero-order valence-corrected chi connectivity index (χ0v) is 21.2. The molecular formula is C34H28N2O. The van der Waals surface area contributed by atoms with Crippen LogP contribution < -0.4 is 5.32 Å². The molecule has 0 radical (unpaired) electrons. The molecule has 3 heterocycles. The number of aryl methyl sites for hydroxylation is 3. The summed E-state index contributed by atoms with van der Waals surface area (Å²) in [6, 6.07) is 34.9. The lowest BCUT2D eigenvalue weighted by atomic mass is 9.85. The highest BCUT2D eigenvalue weighted by molar-refractivity contribution is 6.06. The lowest BCUT2D eigenvalue weighted by Crippen LogP contribution is -2.07. The second kappa shape index (κ2) is 8.28. The van der Waals surface area contributed by atoms with Crippen molar-refractivity contribution < 1.29 is 4.42 Å². The van der Waals surface area contributed by atoms with Crippen LogP contribution in [-0.2, 0) is 0 Å². The standard InChI is InChI=1S/C34H28N2O/c1-21-11-15-25(16-12-21)36-28-18-14-23(3)33-31(28)32(34(36)24-8-5-4-6-9-24)30(29-10-7-19-37-29)26-20-22(2)13-17-27(26)35-33/h4-20,30,35H,1-3H3. The molecular weight excluding hydrogens is 452 g/mol. The first-order valence-corrected chi connectivity index (χ1v) is 12.8. The minimum Gasteiger partial charge on any atom is -0.468 e. The Kier molecular flexibility index (Phi) is 4.87. The van der Waals surface area contributed by atoms with Crippen molar-refractivity contribution in [3.8, 4) is 16.9 Å². The van der Waals surface area contributed by atoms with Gasteiger partial charge in [-0.05, 0) is 73.9 Å². The van der Waals surface area contributed by atoms with Gasteiger partial charge in [0.25, 0.3) is 0 Å². The van der Waals surface area contributed by atoms with Crippen LogP contribution >= 0.6 is 0 Å². The van der Waals surface area contributed by atoms with Gasteiger partial charge in [0.2, 0.25) is 0 Å². The van der Waals surface area contributed by atoms with Crippen molar-refractivity contribution in [2.24, 2.45) is 0 Å². The number of furan rings is 1. The fraction of sp³-hybridized carbons (Fsp3) is 0.118. The van der Waals surface area contributed by atoms with E-state index in [-0.39, 0.29) is 5.92 Å². The van der Waals surface area contributed by atoms with Crippen LogP contribution in [0.5, 0.6) is 0 Å². The second-order valence-corrected chi connectivity index (χ2v) is 10.1. The molecule has 0 spiro atoms. The third kappa shape index (κ3) is 3.35. The fourth-order valence-electron chi connectivity index (χ4n) is 5.87. The highest BCUT2D eigenvalue weighted by Gasteiger charge is 2.35. The molecule has 4 aromatic carbocycles. The van der Waals surface area contributed by atoms with Gasteiger partial charge in [-0.15, -0.1) is 0 Å². The van der Waals surface area contributed by atoms with Crippen LogP contribution in [0.25, 0.3) is 27.8 Å². The number of hydrogen-bond donors (Lipinski definition) is 1. The molecule has 0 fully saturated rings. The molecule has 1 atom stereocenters. The predicted molar refractivity (Wildman–Crippen MR) is 152 cm³/mol. The number of hydrogen-bond acceptors (Lipinski definition) is 2. The Morgan fingerprint density at radius 2 is 1.54 bits per heavy atom. The zero-order valence-electron chi connectivity index (χ0n) is 21.2. The lowest BCUT2D eigenvalue weighted by molar-refractivity contribution is 0.504. The Balaban J connectivity index is 1.71. The van der Waals surface area contributed by atoms with Crippen LogP contribution in [0.3, 0.4) is 0 Å². The van der Waals surface area contributed by atoms with E-state index in [1.807, 2.05) is 6.07 Å². The Labute approximate surface area is 217 Å². The molecule has 0 saturated heterocycles. The summed E-state index contributed by atoms with van der Waals surface area (Å²) in [4.78, 5) is 0. The van der Waals surface area contributed by atoms with Gasteiger partial charge in [-0.25, -0.2) is 0 Å². The lowest BCUT2D eigenvalue weighted by Gasteiger charge is -2.21. The van der Waals surface area contributed by atoms with Gasteiger partial charge < -0.3 is 14.3 Å². The molecule has 1 unspecified atom stereocenters. The number of anilines is 2. The van der Waals surface area contributed by atoms with Crippen molar-refractivity contribution in [3.05, 3.63) is 137 Å². The van der Waals surface area contributed by atoms with E-state index in [4.69, 9.17) is 4.42 Å². The Hall–Kier alpha value is -4.50. The topological polar surface area (TPSA) is 30.1 Å². The highest BCUT2D eigenvalue weighted by atomic mass is 16.3. The molecule has 1 N–H and O–H groups in total. The van der Waals surface area contributed by atoms with Gasteiger partial charge in [-0.3, -0.25) is 0 Å². The van der Waals surface area contributed by atoms with E-state index in [0.29, 0.717) is 0 Å². The first kappa shape index (κ1) is 21.8. The van der Waals surface area contributed by atoms with Gasteiger partial charge in [0, 0.05) is 22.3 Å². The molecule has 0 amide bonds. The first-order chi connectivity index (χ1) is 18.1. The quantitative estimate of drug-likeness (QED) is 0.273. The van der Waals surface area contributed by atoms with Crippen LogP contribution in [0.2, 0.25) is 0 Å². The molecule has 3 nitrogen and oxygen atoms in total. The van der Waals surface area contributed by atoms with E-state index in [0.717, 1.165) is 22.8 Å². The summed E-state index contributed by atoms with van der Waals surface area (Å²) in [6.45, 7) is 6.49. The number of rotatable bonds is 3. The van der Waals surface area contributed by atoms with Crippen molar-refractivity contribution in [1.82, 2.24) is 4.57 Å². The highest BCUT2D eigenvalue weighted by Crippen LogP contribution is 2.52. The van der Waals surface area contributed by atoms with E-state index < -0.39 is 0 Å². The van der Waals surface area contributed by atoms with E-state index >= 15 is 0 Å². The number of nitrogens with zero attached hydrogens (tertiary/aromatic N) is 1. The van der Waals surface area contributed by atoms with Gasteiger partial charge in [0.05, 0.1) is 29.1 Å². The fourth-order valence-corrected chi connectivity index (χ4v) is 5.87. The monoisotopic (exact) mass is 480 g/mol. The van der Waals surface area contributed by atoms with Crippen molar-refractivity contribution in [1.29, 1.82) is 0 Å². The summed E-state index contributed by atoms with van der Waals surface area (Å²) in [5, 5.41) is 5.10.